The second kappa shape index (κ2) is 8.55. The molecule has 0 aliphatic carbocycles. The highest BCUT2D eigenvalue weighted by molar-refractivity contribution is 7.18. The molecule has 8 heteroatoms. The Bertz CT molecular complexity index is 1160. The lowest BCUT2D eigenvalue weighted by Gasteiger charge is -2.31. The van der Waals surface area contributed by atoms with Crippen LogP contribution in [0, 0.1) is 5.82 Å². The number of halogens is 1. The molecule has 6 nitrogen and oxygen atoms in total. The summed E-state index contributed by atoms with van der Waals surface area (Å²) >= 11 is 1.76. The van der Waals surface area contributed by atoms with Crippen molar-refractivity contribution < 1.29 is 13.7 Å². The van der Waals surface area contributed by atoms with Gasteiger partial charge in [0, 0.05) is 37.4 Å². The Morgan fingerprint density at radius 1 is 1.10 bits per heavy atom. The molecular formula is C23H21FN4O2S. The van der Waals surface area contributed by atoms with Crippen LogP contribution in [0.1, 0.15) is 36.1 Å². The van der Waals surface area contributed by atoms with Gasteiger partial charge in [-0.1, -0.05) is 17.3 Å². The second-order valence-corrected chi connectivity index (χ2v) is 8.76. The number of nitrogens with zero attached hydrogens (tertiary/aromatic N) is 4. The lowest BCUT2D eigenvalue weighted by atomic mass is 9.97. The summed E-state index contributed by atoms with van der Waals surface area (Å²) in [6, 6.07) is 14.1. The summed E-state index contributed by atoms with van der Waals surface area (Å²) in [4.78, 5) is 23.7. The topological polar surface area (TPSA) is 72.1 Å². The van der Waals surface area contributed by atoms with Crippen molar-refractivity contribution in [1.82, 2.24) is 20.0 Å². The first-order valence-electron chi connectivity index (χ1n) is 10.4. The molecule has 2 aromatic heterocycles. The second-order valence-electron chi connectivity index (χ2n) is 7.69. The van der Waals surface area contributed by atoms with Gasteiger partial charge in [-0.3, -0.25) is 4.79 Å². The van der Waals surface area contributed by atoms with E-state index < -0.39 is 0 Å². The Kier molecular flexibility index (Phi) is 5.46. The SMILES string of the molecule is O=C(CCc1nc(-c2ccc(F)cc2)no1)N1CCC(c2nc3ccccc3s2)CC1. The summed E-state index contributed by atoms with van der Waals surface area (Å²) in [5.41, 5.74) is 1.74. The van der Waals surface area contributed by atoms with Crippen LogP contribution in [-0.2, 0) is 11.2 Å². The monoisotopic (exact) mass is 436 g/mol. The van der Waals surface area contributed by atoms with Gasteiger partial charge in [0.05, 0.1) is 15.2 Å². The molecule has 5 rings (SSSR count). The maximum atomic E-state index is 13.1. The Morgan fingerprint density at radius 3 is 2.65 bits per heavy atom. The number of thiazole rings is 1. The number of aryl methyl sites for hydroxylation is 1. The number of hydrogen-bond acceptors (Lipinski definition) is 6. The fraction of sp³-hybridized carbons (Fsp3) is 0.304. The molecule has 1 saturated heterocycles. The zero-order valence-corrected chi connectivity index (χ0v) is 17.6. The van der Waals surface area contributed by atoms with Crippen molar-refractivity contribution in [3.8, 4) is 11.4 Å². The van der Waals surface area contributed by atoms with Gasteiger partial charge in [-0.25, -0.2) is 9.37 Å². The van der Waals surface area contributed by atoms with Crippen molar-refractivity contribution in [2.45, 2.75) is 31.6 Å². The molecule has 158 valence electrons. The largest absolute Gasteiger partial charge is 0.343 e. The van der Waals surface area contributed by atoms with Crippen LogP contribution in [-0.4, -0.2) is 39.0 Å². The summed E-state index contributed by atoms with van der Waals surface area (Å²) in [5.74, 6) is 1.01. The molecule has 0 radical (unpaired) electrons. The minimum Gasteiger partial charge on any atom is -0.343 e. The molecule has 0 unspecified atom stereocenters. The third kappa shape index (κ3) is 4.34. The van der Waals surface area contributed by atoms with E-state index in [2.05, 4.69) is 16.2 Å². The van der Waals surface area contributed by atoms with Gasteiger partial charge in [-0.05, 0) is 49.2 Å². The van der Waals surface area contributed by atoms with E-state index in [0.717, 1.165) is 31.4 Å². The van der Waals surface area contributed by atoms with Gasteiger partial charge in [0.15, 0.2) is 0 Å². The normalized spacial score (nSPS) is 14.9. The fourth-order valence-corrected chi connectivity index (χ4v) is 5.02. The van der Waals surface area contributed by atoms with Gasteiger partial charge in [-0.2, -0.15) is 4.98 Å². The maximum Gasteiger partial charge on any atom is 0.227 e. The van der Waals surface area contributed by atoms with Crippen LogP contribution in [0.5, 0.6) is 0 Å². The first-order chi connectivity index (χ1) is 15.2. The Labute approximate surface area is 182 Å². The summed E-state index contributed by atoms with van der Waals surface area (Å²) in [6.45, 7) is 1.48. The lowest BCUT2D eigenvalue weighted by molar-refractivity contribution is -0.132. The van der Waals surface area contributed by atoms with Crippen LogP contribution < -0.4 is 0 Å². The van der Waals surface area contributed by atoms with Crippen molar-refractivity contribution in [3.05, 3.63) is 65.2 Å². The minimum absolute atomic E-state index is 0.101. The molecule has 1 aliphatic heterocycles. The van der Waals surface area contributed by atoms with Gasteiger partial charge in [-0.15, -0.1) is 11.3 Å². The number of likely N-dealkylation sites (tertiary alicyclic amines) is 1. The fourth-order valence-electron chi connectivity index (χ4n) is 3.89. The van der Waals surface area contributed by atoms with E-state index in [4.69, 9.17) is 9.51 Å². The lowest BCUT2D eigenvalue weighted by Crippen LogP contribution is -2.38. The molecule has 0 bridgehead atoms. The van der Waals surface area contributed by atoms with E-state index in [1.165, 1.54) is 21.8 Å². The smallest absolute Gasteiger partial charge is 0.227 e. The van der Waals surface area contributed by atoms with E-state index >= 15 is 0 Å². The Hall–Kier alpha value is -3.13. The molecule has 0 N–H and O–H groups in total. The molecule has 1 fully saturated rings. The zero-order valence-electron chi connectivity index (χ0n) is 16.8. The number of fused-ring (bicyclic) bond motifs is 1. The summed E-state index contributed by atoms with van der Waals surface area (Å²) in [7, 11) is 0. The number of para-hydroxylation sites is 1. The van der Waals surface area contributed by atoms with Crippen molar-refractivity contribution in [1.29, 1.82) is 0 Å². The van der Waals surface area contributed by atoms with Crippen molar-refractivity contribution in [2.24, 2.45) is 0 Å². The third-order valence-electron chi connectivity index (χ3n) is 5.63. The zero-order chi connectivity index (χ0) is 21.2. The number of rotatable bonds is 5. The van der Waals surface area contributed by atoms with Gasteiger partial charge < -0.3 is 9.42 Å². The number of carbonyl (C=O) groups excluding carboxylic acids is 1. The molecule has 0 saturated carbocycles. The van der Waals surface area contributed by atoms with E-state index in [1.54, 1.807) is 23.5 Å². The predicted octanol–water partition coefficient (Wildman–Crippen LogP) is 4.82. The van der Waals surface area contributed by atoms with E-state index in [0.29, 0.717) is 36.0 Å². The molecule has 1 amide bonds. The van der Waals surface area contributed by atoms with Gasteiger partial charge >= 0.3 is 0 Å². The minimum atomic E-state index is -0.315. The van der Waals surface area contributed by atoms with E-state index in [-0.39, 0.29) is 11.7 Å². The third-order valence-corrected chi connectivity index (χ3v) is 6.83. The molecule has 4 aromatic rings. The average Bonchev–Trinajstić information content (AvgIpc) is 3.45. The highest BCUT2D eigenvalue weighted by atomic mass is 32.1. The number of carbonyl (C=O) groups is 1. The summed E-state index contributed by atoms with van der Waals surface area (Å²) < 4.78 is 19.5. The average molecular weight is 437 g/mol. The summed E-state index contributed by atoms with van der Waals surface area (Å²) in [6.07, 6.45) is 2.59. The molecule has 2 aromatic carbocycles. The molecule has 3 heterocycles. The molecule has 31 heavy (non-hydrogen) atoms. The van der Waals surface area contributed by atoms with Crippen molar-refractivity contribution >= 4 is 27.5 Å². The number of amides is 1. The van der Waals surface area contributed by atoms with Crippen LogP contribution in [0.2, 0.25) is 0 Å². The number of benzene rings is 2. The van der Waals surface area contributed by atoms with Gasteiger partial charge in [0.25, 0.3) is 0 Å². The highest BCUT2D eigenvalue weighted by Gasteiger charge is 2.26. The Balaban J connectivity index is 1.14. The molecule has 0 spiro atoms. The summed E-state index contributed by atoms with van der Waals surface area (Å²) in [5, 5.41) is 5.10. The first kappa shape index (κ1) is 19.8. The van der Waals surface area contributed by atoms with Crippen LogP contribution in [0.4, 0.5) is 4.39 Å². The number of piperidine rings is 1. The predicted molar refractivity (Wildman–Crippen MR) is 116 cm³/mol. The van der Waals surface area contributed by atoms with Crippen LogP contribution in [0.25, 0.3) is 21.6 Å². The van der Waals surface area contributed by atoms with Gasteiger partial charge in [0.1, 0.15) is 5.82 Å². The molecule has 1 aliphatic rings. The van der Waals surface area contributed by atoms with Crippen LogP contribution >= 0.6 is 11.3 Å². The van der Waals surface area contributed by atoms with Gasteiger partial charge in [0.2, 0.25) is 17.6 Å². The van der Waals surface area contributed by atoms with Crippen LogP contribution in [0.3, 0.4) is 0 Å². The maximum absolute atomic E-state index is 13.1. The van der Waals surface area contributed by atoms with Crippen molar-refractivity contribution in [3.63, 3.8) is 0 Å². The highest BCUT2D eigenvalue weighted by Crippen LogP contribution is 2.34. The first-order valence-corrected chi connectivity index (χ1v) is 11.2. The van der Waals surface area contributed by atoms with E-state index in [9.17, 15) is 9.18 Å². The standard InChI is InChI=1S/C23H21FN4O2S/c24-17-7-5-15(6-8-17)22-26-20(30-27-22)9-10-21(29)28-13-11-16(12-14-28)23-25-18-3-1-2-4-19(18)31-23/h1-8,16H,9-14H2. The number of hydrogen-bond donors (Lipinski definition) is 0. The van der Waals surface area contributed by atoms with Crippen molar-refractivity contribution in [2.75, 3.05) is 13.1 Å². The molecular weight excluding hydrogens is 415 g/mol. The quantitative estimate of drug-likeness (QED) is 0.448. The number of aromatic nitrogens is 3. The Morgan fingerprint density at radius 2 is 1.87 bits per heavy atom. The van der Waals surface area contributed by atoms with Crippen LogP contribution in [0.15, 0.2) is 53.1 Å². The molecule has 0 atom stereocenters. The van der Waals surface area contributed by atoms with E-state index in [1.807, 2.05) is 23.1 Å².